The molecule has 0 saturated carbocycles. The normalized spacial score (nSPS) is 11.2. The van der Waals surface area contributed by atoms with Gasteiger partial charge in [-0.25, -0.2) is 0 Å². The number of hydrogen-bond donors (Lipinski definition) is 0. The van der Waals surface area contributed by atoms with Gasteiger partial charge in [0.05, 0.1) is 0 Å². The number of rotatable bonds is 9. The Morgan fingerprint density at radius 2 is 2.06 bits per heavy atom. The number of thiophene rings is 1. The third-order valence-corrected chi connectivity index (χ3v) is 3.89. The van der Waals surface area contributed by atoms with Crippen molar-refractivity contribution in [3.63, 3.8) is 0 Å². The molecular formula is C13H22ClNS. The lowest BCUT2D eigenvalue weighted by Crippen LogP contribution is -2.23. The number of hydrogen-bond acceptors (Lipinski definition) is 2. The van der Waals surface area contributed by atoms with Gasteiger partial charge in [-0.05, 0) is 37.4 Å². The second-order valence-electron chi connectivity index (χ2n) is 4.05. The molecule has 1 heterocycles. The Labute approximate surface area is 108 Å². The Balaban J connectivity index is 2.12. The first-order valence-corrected chi connectivity index (χ1v) is 7.59. The maximum atomic E-state index is 5.66. The van der Waals surface area contributed by atoms with Gasteiger partial charge >= 0.3 is 0 Å². The SMILES string of the molecule is CCN(CCCCCCCl)Cc1cccs1. The fourth-order valence-electron chi connectivity index (χ4n) is 1.76. The Hall–Kier alpha value is -0.0500. The van der Waals surface area contributed by atoms with Crippen LogP contribution in [0, 0.1) is 0 Å². The van der Waals surface area contributed by atoms with Gasteiger partial charge in [-0.1, -0.05) is 25.8 Å². The summed E-state index contributed by atoms with van der Waals surface area (Å²) in [7, 11) is 0. The van der Waals surface area contributed by atoms with E-state index >= 15 is 0 Å². The zero-order chi connectivity index (χ0) is 11.6. The van der Waals surface area contributed by atoms with Crippen LogP contribution in [0.25, 0.3) is 0 Å². The molecule has 0 amide bonds. The number of nitrogens with zero attached hydrogens (tertiary/aromatic N) is 1. The fourth-order valence-corrected chi connectivity index (χ4v) is 2.69. The van der Waals surface area contributed by atoms with Crippen LogP contribution < -0.4 is 0 Å². The summed E-state index contributed by atoms with van der Waals surface area (Å²) in [5.41, 5.74) is 0. The molecule has 3 heteroatoms. The van der Waals surface area contributed by atoms with Crippen molar-refractivity contribution < 1.29 is 0 Å². The van der Waals surface area contributed by atoms with Crippen LogP contribution in [0.5, 0.6) is 0 Å². The van der Waals surface area contributed by atoms with E-state index in [9.17, 15) is 0 Å². The maximum Gasteiger partial charge on any atom is 0.0327 e. The van der Waals surface area contributed by atoms with E-state index in [1.807, 2.05) is 11.3 Å². The summed E-state index contributed by atoms with van der Waals surface area (Å²) in [6, 6.07) is 4.36. The van der Waals surface area contributed by atoms with E-state index in [1.54, 1.807) is 0 Å². The molecule has 0 saturated heterocycles. The van der Waals surface area contributed by atoms with Gasteiger partial charge in [0.2, 0.25) is 0 Å². The first-order chi connectivity index (χ1) is 7.86. The molecule has 0 bridgehead atoms. The average Bonchev–Trinajstić information content (AvgIpc) is 2.80. The summed E-state index contributed by atoms with van der Waals surface area (Å²) in [6.07, 6.45) is 5.06. The summed E-state index contributed by atoms with van der Waals surface area (Å²) in [5, 5.41) is 2.16. The lowest BCUT2D eigenvalue weighted by Gasteiger charge is -2.19. The molecular weight excluding hydrogens is 238 g/mol. The first-order valence-electron chi connectivity index (χ1n) is 6.17. The highest BCUT2D eigenvalue weighted by molar-refractivity contribution is 7.09. The monoisotopic (exact) mass is 259 g/mol. The molecule has 92 valence electrons. The minimum Gasteiger partial charge on any atom is -0.299 e. The zero-order valence-corrected chi connectivity index (χ0v) is 11.7. The molecule has 1 nitrogen and oxygen atoms in total. The largest absolute Gasteiger partial charge is 0.299 e. The van der Waals surface area contributed by atoms with E-state index in [4.69, 9.17) is 11.6 Å². The first kappa shape index (κ1) is 14.0. The lowest BCUT2D eigenvalue weighted by atomic mass is 10.2. The van der Waals surface area contributed by atoms with Crippen molar-refractivity contribution in [1.82, 2.24) is 4.90 Å². The zero-order valence-electron chi connectivity index (χ0n) is 10.1. The van der Waals surface area contributed by atoms with Gasteiger partial charge in [0, 0.05) is 17.3 Å². The molecule has 0 aromatic carbocycles. The van der Waals surface area contributed by atoms with E-state index in [1.165, 1.54) is 37.1 Å². The van der Waals surface area contributed by atoms with Crippen molar-refractivity contribution in [2.24, 2.45) is 0 Å². The molecule has 1 aromatic rings. The Kier molecular flexibility index (Phi) is 7.91. The van der Waals surface area contributed by atoms with Gasteiger partial charge in [-0.3, -0.25) is 4.90 Å². The quantitative estimate of drug-likeness (QED) is 0.470. The van der Waals surface area contributed by atoms with Crippen molar-refractivity contribution in [2.45, 2.75) is 39.2 Å². The molecule has 0 spiro atoms. The molecule has 0 aliphatic rings. The molecule has 1 aromatic heterocycles. The smallest absolute Gasteiger partial charge is 0.0327 e. The van der Waals surface area contributed by atoms with Gasteiger partial charge in [0.1, 0.15) is 0 Å². The highest BCUT2D eigenvalue weighted by Gasteiger charge is 2.03. The van der Waals surface area contributed by atoms with E-state index in [0.717, 1.165) is 19.0 Å². The molecule has 0 fully saturated rings. The van der Waals surface area contributed by atoms with Gasteiger partial charge in [0.15, 0.2) is 0 Å². The van der Waals surface area contributed by atoms with Crippen LogP contribution in [-0.4, -0.2) is 23.9 Å². The van der Waals surface area contributed by atoms with Crippen LogP contribution in [0.3, 0.4) is 0 Å². The second kappa shape index (κ2) is 9.03. The third-order valence-electron chi connectivity index (χ3n) is 2.76. The lowest BCUT2D eigenvalue weighted by molar-refractivity contribution is 0.275. The number of halogens is 1. The highest BCUT2D eigenvalue weighted by atomic mass is 35.5. The molecule has 0 aliphatic heterocycles. The van der Waals surface area contributed by atoms with E-state index in [0.29, 0.717) is 0 Å². The van der Waals surface area contributed by atoms with Crippen molar-refractivity contribution in [2.75, 3.05) is 19.0 Å². The molecule has 0 radical (unpaired) electrons. The second-order valence-corrected chi connectivity index (χ2v) is 5.46. The maximum absolute atomic E-state index is 5.66. The van der Waals surface area contributed by atoms with Crippen molar-refractivity contribution in [3.8, 4) is 0 Å². The predicted molar refractivity (Wildman–Crippen MR) is 74.5 cm³/mol. The Morgan fingerprint density at radius 3 is 2.69 bits per heavy atom. The van der Waals surface area contributed by atoms with Crippen LogP contribution in [0.1, 0.15) is 37.5 Å². The van der Waals surface area contributed by atoms with Crippen LogP contribution in [-0.2, 0) is 6.54 Å². The summed E-state index contributed by atoms with van der Waals surface area (Å²) < 4.78 is 0. The van der Waals surface area contributed by atoms with E-state index in [-0.39, 0.29) is 0 Å². The number of unbranched alkanes of at least 4 members (excludes halogenated alkanes) is 3. The molecule has 0 unspecified atom stereocenters. The average molecular weight is 260 g/mol. The predicted octanol–water partition coefficient (Wildman–Crippen LogP) is 4.37. The fraction of sp³-hybridized carbons (Fsp3) is 0.692. The Morgan fingerprint density at radius 1 is 1.25 bits per heavy atom. The Bertz CT molecular complexity index is 248. The topological polar surface area (TPSA) is 3.24 Å². The standard InChI is InChI=1S/C13H22ClNS/c1-2-15(10-6-4-3-5-9-14)12-13-8-7-11-16-13/h7-8,11H,2-6,9-10,12H2,1H3. The molecule has 0 aliphatic carbocycles. The van der Waals surface area contributed by atoms with Crippen LogP contribution in [0.2, 0.25) is 0 Å². The van der Waals surface area contributed by atoms with Gasteiger partial charge in [0.25, 0.3) is 0 Å². The van der Waals surface area contributed by atoms with Gasteiger partial charge in [-0.2, -0.15) is 0 Å². The highest BCUT2D eigenvalue weighted by Crippen LogP contribution is 2.12. The van der Waals surface area contributed by atoms with Crippen LogP contribution in [0.15, 0.2) is 17.5 Å². The van der Waals surface area contributed by atoms with E-state index < -0.39 is 0 Å². The summed E-state index contributed by atoms with van der Waals surface area (Å²) in [5.74, 6) is 0.812. The molecule has 0 N–H and O–H groups in total. The van der Waals surface area contributed by atoms with Gasteiger partial charge in [-0.15, -0.1) is 22.9 Å². The van der Waals surface area contributed by atoms with Crippen molar-refractivity contribution >= 4 is 22.9 Å². The number of alkyl halides is 1. The van der Waals surface area contributed by atoms with Crippen molar-refractivity contribution in [1.29, 1.82) is 0 Å². The minimum atomic E-state index is 0.812. The summed E-state index contributed by atoms with van der Waals surface area (Å²) in [4.78, 5) is 4.00. The van der Waals surface area contributed by atoms with Gasteiger partial charge < -0.3 is 0 Å². The molecule has 0 atom stereocenters. The minimum absolute atomic E-state index is 0.812. The molecule has 1 rings (SSSR count). The van der Waals surface area contributed by atoms with E-state index in [2.05, 4.69) is 29.3 Å². The summed E-state index contributed by atoms with van der Waals surface area (Å²) in [6.45, 7) is 5.72. The van der Waals surface area contributed by atoms with Crippen molar-refractivity contribution in [3.05, 3.63) is 22.4 Å². The molecule has 16 heavy (non-hydrogen) atoms. The van der Waals surface area contributed by atoms with Crippen LogP contribution in [0.4, 0.5) is 0 Å². The summed E-state index contributed by atoms with van der Waals surface area (Å²) >= 11 is 7.51. The third kappa shape index (κ3) is 5.88. The van der Waals surface area contributed by atoms with Crippen LogP contribution >= 0.6 is 22.9 Å².